The van der Waals surface area contributed by atoms with Crippen LogP contribution in [0.25, 0.3) is 0 Å². The van der Waals surface area contributed by atoms with Crippen molar-refractivity contribution >= 4 is 17.6 Å². The lowest BCUT2D eigenvalue weighted by molar-refractivity contribution is -0.224. The molecule has 2 rings (SSSR count). The summed E-state index contributed by atoms with van der Waals surface area (Å²) in [5, 5.41) is 9.82. The van der Waals surface area contributed by atoms with Crippen LogP contribution in [0.1, 0.15) is 13.2 Å². The molecule has 1 fully saturated rings. The molecule has 1 saturated heterocycles. The number of rotatable bonds is 7. The number of nitrogens with two attached hydrogens (primary N) is 1. The average molecular weight is 391 g/mol. The van der Waals surface area contributed by atoms with E-state index in [1.54, 1.807) is 0 Å². The number of ketones is 1. The summed E-state index contributed by atoms with van der Waals surface area (Å²) in [5.74, 6) is -1.31. The molecule has 0 aliphatic carbocycles. The fourth-order valence-electron chi connectivity index (χ4n) is 2.36. The Labute approximate surface area is 151 Å². The quantitative estimate of drug-likeness (QED) is 0.554. The van der Waals surface area contributed by atoms with Gasteiger partial charge in [-0.3, -0.25) is 9.36 Å². The van der Waals surface area contributed by atoms with Gasteiger partial charge >= 0.3 is 11.7 Å². The van der Waals surface area contributed by atoms with Crippen molar-refractivity contribution in [3.8, 4) is 0 Å². The molecule has 27 heavy (non-hydrogen) atoms. The number of aliphatic hydroxyl groups excluding tert-OH is 1. The number of carbonyl (C=O) groups excluding carboxylic acids is 2. The van der Waals surface area contributed by atoms with Crippen LogP contribution in [0.3, 0.4) is 0 Å². The summed E-state index contributed by atoms with van der Waals surface area (Å²) in [6, 6.07) is 1.19. The van der Waals surface area contributed by atoms with Gasteiger partial charge in [-0.15, -0.1) is 0 Å². The zero-order chi connectivity index (χ0) is 20.1. The number of nitrogens with zero attached hydrogens (tertiary/aromatic N) is 2. The molecule has 1 aliphatic heterocycles. The van der Waals surface area contributed by atoms with Gasteiger partial charge in [0.1, 0.15) is 37.8 Å². The first-order valence-corrected chi connectivity index (χ1v) is 7.90. The first-order chi connectivity index (χ1) is 12.7. The van der Waals surface area contributed by atoms with E-state index < -0.39 is 55.7 Å². The summed E-state index contributed by atoms with van der Waals surface area (Å²) in [5.41, 5.74) is 4.37. The van der Waals surface area contributed by atoms with Gasteiger partial charge in [-0.05, 0) is 13.0 Å². The molecule has 150 valence electrons. The van der Waals surface area contributed by atoms with Gasteiger partial charge < -0.3 is 25.1 Å². The van der Waals surface area contributed by atoms with Crippen LogP contribution in [0.2, 0.25) is 0 Å². The maximum atomic E-state index is 14.2. The maximum absolute atomic E-state index is 14.2. The van der Waals surface area contributed by atoms with Gasteiger partial charge in [-0.2, -0.15) is 4.98 Å². The van der Waals surface area contributed by atoms with E-state index in [0.29, 0.717) is 4.57 Å². The number of carbonyl (C=O) groups is 2. The molecule has 1 aromatic heterocycles. The first-order valence-electron chi connectivity index (χ1n) is 7.90. The van der Waals surface area contributed by atoms with Crippen LogP contribution in [0.4, 0.5) is 14.6 Å². The zero-order valence-corrected chi connectivity index (χ0v) is 14.3. The van der Waals surface area contributed by atoms with E-state index in [9.17, 15) is 28.3 Å². The fourth-order valence-corrected chi connectivity index (χ4v) is 2.36. The lowest BCUT2D eigenvalue weighted by Gasteiger charge is -2.38. The molecule has 1 aromatic rings. The van der Waals surface area contributed by atoms with Crippen LogP contribution in [0.15, 0.2) is 17.1 Å². The molecule has 10 nitrogen and oxygen atoms in total. The number of halogens is 2. The fraction of sp³-hybridized carbons (Fsp3) is 0.600. The Balaban J connectivity index is 2.03. The van der Waals surface area contributed by atoms with Crippen LogP contribution in [0, 0.1) is 0 Å². The molecule has 3 unspecified atom stereocenters. The molecule has 12 heteroatoms. The minimum atomic E-state index is -2.40. The molecule has 0 saturated carbocycles. The topological polar surface area (TPSA) is 143 Å². The van der Waals surface area contributed by atoms with E-state index in [4.69, 9.17) is 19.9 Å². The lowest BCUT2D eigenvalue weighted by atomic mass is 10.0. The summed E-state index contributed by atoms with van der Waals surface area (Å²) < 4.78 is 43.8. The molecule has 2 heterocycles. The predicted octanol–water partition coefficient (Wildman–Crippen LogP) is -1.09. The predicted molar refractivity (Wildman–Crippen MR) is 85.1 cm³/mol. The molecule has 0 bridgehead atoms. The Morgan fingerprint density at radius 2 is 2.07 bits per heavy atom. The summed E-state index contributed by atoms with van der Waals surface area (Å²) in [4.78, 5) is 37.5. The Morgan fingerprint density at radius 3 is 2.70 bits per heavy atom. The van der Waals surface area contributed by atoms with Crippen molar-refractivity contribution in [1.82, 2.24) is 9.55 Å². The molecular weight excluding hydrogens is 372 g/mol. The van der Waals surface area contributed by atoms with Crippen molar-refractivity contribution < 1.29 is 37.7 Å². The Morgan fingerprint density at radius 1 is 1.37 bits per heavy atom. The van der Waals surface area contributed by atoms with Crippen molar-refractivity contribution in [2.45, 2.75) is 37.7 Å². The first kappa shape index (κ1) is 20.9. The Kier molecular flexibility index (Phi) is 6.93. The maximum Gasteiger partial charge on any atom is 0.351 e. The van der Waals surface area contributed by atoms with Gasteiger partial charge in [0.05, 0.1) is 0 Å². The number of aliphatic hydroxyl groups is 1. The summed E-state index contributed by atoms with van der Waals surface area (Å²) >= 11 is 0. The summed E-state index contributed by atoms with van der Waals surface area (Å²) in [6.07, 6.45) is -8.80. The Bertz CT molecular complexity index is 744. The number of nitrogen functional groups attached to an aromatic ring is 1. The lowest BCUT2D eigenvalue weighted by Crippen LogP contribution is -2.55. The number of aromatic nitrogens is 2. The number of esters is 1. The Hall–Kier alpha value is -2.44. The van der Waals surface area contributed by atoms with Gasteiger partial charge in [0.15, 0.2) is 24.4 Å². The van der Waals surface area contributed by atoms with Crippen molar-refractivity contribution in [3.63, 3.8) is 0 Å². The highest BCUT2D eigenvalue weighted by Crippen LogP contribution is 2.31. The van der Waals surface area contributed by atoms with Crippen LogP contribution < -0.4 is 11.4 Å². The van der Waals surface area contributed by atoms with Crippen molar-refractivity contribution in [1.29, 1.82) is 0 Å². The number of hydrogen-bond donors (Lipinski definition) is 2. The number of anilines is 1. The zero-order valence-electron chi connectivity index (χ0n) is 14.3. The van der Waals surface area contributed by atoms with Gasteiger partial charge in [0.25, 0.3) is 0 Å². The van der Waals surface area contributed by atoms with Gasteiger partial charge in [-0.1, -0.05) is 0 Å². The van der Waals surface area contributed by atoms with Gasteiger partial charge in [0, 0.05) is 6.20 Å². The van der Waals surface area contributed by atoms with Crippen LogP contribution in [-0.4, -0.2) is 70.8 Å². The third-order valence-corrected chi connectivity index (χ3v) is 3.66. The van der Waals surface area contributed by atoms with E-state index in [1.165, 1.54) is 13.0 Å². The molecule has 1 aliphatic rings. The minimum absolute atomic E-state index is 0.115. The van der Waals surface area contributed by atoms with E-state index in [0.717, 1.165) is 6.20 Å². The second-order valence-corrected chi connectivity index (χ2v) is 5.86. The van der Waals surface area contributed by atoms with Crippen molar-refractivity contribution in [2.24, 2.45) is 0 Å². The van der Waals surface area contributed by atoms with Crippen molar-refractivity contribution in [3.05, 3.63) is 22.7 Å². The van der Waals surface area contributed by atoms with E-state index in [-0.39, 0.29) is 18.2 Å². The largest absolute Gasteiger partial charge is 0.461 e. The third kappa shape index (κ3) is 5.28. The molecular formula is C15H19F2N3O7. The number of ether oxygens (including phenoxy) is 3. The van der Waals surface area contributed by atoms with Crippen LogP contribution >= 0.6 is 0 Å². The SMILES string of the molecule is CC(=O)COCC(=O)OC[C@H]1O[C@@H](n2ccc(N)nc2=O)C(F)C(F)C1O. The standard InChI is InChI=1S/C15H19F2N3O7/c1-7(21)4-25-6-10(22)26-5-8-13(23)11(16)12(17)14(27-8)20-3-2-9(18)19-15(20)24/h2-3,8,11-14,23H,4-6H2,1H3,(H2,18,19,24)/t8-,11?,12?,13?,14-/m1/s1. The number of Topliss-reactive ketones (excluding diaryl/α,β-unsaturated/α-hetero) is 1. The third-order valence-electron chi connectivity index (χ3n) is 3.66. The molecule has 0 spiro atoms. The van der Waals surface area contributed by atoms with Crippen LogP contribution in [-0.2, 0) is 23.8 Å². The van der Waals surface area contributed by atoms with E-state index in [2.05, 4.69) is 4.98 Å². The molecule has 0 aromatic carbocycles. The molecule has 0 amide bonds. The normalized spacial score (nSPS) is 27.9. The highest BCUT2D eigenvalue weighted by molar-refractivity contribution is 5.77. The van der Waals surface area contributed by atoms with E-state index in [1.807, 2.05) is 0 Å². The van der Waals surface area contributed by atoms with E-state index >= 15 is 0 Å². The second kappa shape index (κ2) is 8.97. The molecule has 5 atom stereocenters. The molecule has 3 N–H and O–H groups in total. The second-order valence-electron chi connectivity index (χ2n) is 5.86. The summed E-state index contributed by atoms with van der Waals surface area (Å²) in [6.45, 7) is -0.189. The van der Waals surface area contributed by atoms with Gasteiger partial charge in [-0.25, -0.2) is 18.4 Å². The van der Waals surface area contributed by atoms with Gasteiger partial charge in [0.2, 0.25) is 0 Å². The highest BCUT2D eigenvalue weighted by atomic mass is 19.2. The van der Waals surface area contributed by atoms with Crippen molar-refractivity contribution in [2.75, 3.05) is 25.6 Å². The minimum Gasteiger partial charge on any atom is -0.461 e. The average Bonchev–Trinajstić information content (AvgIpc) is 2.59. The smallest absolute Gasteiger partial charge is 0.351 e. The van der Waals surface area contributed by atoms with Crippen LogP contribution in [0.5, 0.6) is 0 Å². The monoisotopic (exact) mass is 391 g/mol. The number of alkyl halides is 2. The molecule has 0 radical (unpaired) electrons. The highest BCUT2D eigenvalue weighted by Gasteiger charge is 2.47. The summed E-state index contributed by atoms with van der Waals surface area (Å²) in [7, 11) is 0. The number of hydrogen-bond acceptors (Lipinski definition) is 9.